The Morgan fingerprint density at radius 2 is 1.86 bits per heavy atom. The van der Waals surface area contributed by atoms with Gasteiger partial charge in [-0.3, -0.25) is 4.79 Å². The van der Waals surface area contributed by atoms with Crippen LogP contribution < -0.4 is 5.32 Å². The highest BCUT2D eigenvalue weighted by molar-refractivity contribution is 5.81. The van der Waals surface area contributed by atoms with E-state index in [1.54, 1.807) is 0 Å². The van der Waals surface area contributed by atoms with Crippen molar-refractivity contribution in [2.75, 3.05) is 26.7 Å². The van der Waals surface area contributed by atoms with E-state index in [0.29, 0.717) is 6.10 Å². The molecule has 1 N–H and O–H groups in total. The number of piperidine rings is 1. The molecule has 1 aliphatic carbocycles. The molecule has 2 rings (SSSR count). The molecule has 1 saturated heterocycles. The zero-order valence-electron chi connectivity index (χ0n) is 13.8. The summed E-state index contributed by atoms with van der Waals surface area (Å²) in [6.45, 7) is 4.93. The zero-order valence-corrected chi connectivity index (χ0v) is 13.8. The minimum absolute atomic E-state index is 0.214. The molecule has 1 aliphatic heterocycles. The molecule has 1 amide bonds. The molecule has 0 aromatic carbocycles. The molecular weight excluding hydrogens is 264 g/mol. The molecular formula is C17H32N2O2. The smallest absolute Gasteiger partial charge is 0.251 e. The second kappa shape index (κ2) is 8.74. The highest BCUT2D eigenvalue weighted by Crippen LogP contribution is 2.24. The van der Waals surface area contributed by atoms with Crippen LogP contribution in [0.3, 0.4) is 0 Å². The van der Waals surface area contributed by atoms with Crippen LogP contribution in [0.25, 0.3) is 0 Å². The molecule has 2 aliphatic rings. The summed E-state index contributed by atoms with van der Waals surface area (Å²) in [5.41, 5.74) is 0. The Balaban J connectivity index is 1.79. The lowest BCUT2D eigenvalue weighted by molar-refractivity contribution is -0.150. The molecule has 1 unspecified atom stereocenters. The summed E-state index contributed by atoms with van der Waals surface area (Å²) in [7, 11) is 2.00. The van der Waals surface area contributed by atoms with E-state index in [1.807, 2.05) is 11.9 Å². The van der Waals surface area contributed by atoms with Crippen LogP contribution in [0.5, 0.6) is 0 Å². The molecule has 21 heavy (non-hydrogen) atoms. The number of likely N-dealkylation sites (tertiary alicyclic amines) is 1. The predicted octanol–water partition coefficient (Wildman–Crippen LogP) is 2.57. The monoisotopic (exact) mass is 296 g/mol. The van der Waals surface area contributed by atoms with Crippen molar-refractivity contribution in [3.8, 4) is 0 Å². The quantitative estimate of drug-likeness (QED) is 0.819. The summed E-state index contributed by atoms with van der Waals surface area (Å²) in [4.78, 5) is 14.7. The minimum Gasteiger partial charge on any atom is -0.365 e. The number of hydrogen-bond donors (Lipinski definition) is 1. The Morgan fingerprint density at radius 3 is 2.43 bits per heavy atom. The van der Waals surface area contributed by atoms with Crippen molar-refractivity contribution in [1.82, 2.24) is 10.2 Å². The van der Waals surface area contributed by atoms with Gasteiger partial charge in [0.2, 0.25) is 0 Å². The summed E-state index contributed by atoms with van der Waals surface area (Å²) in [6, 6.07) is 0. The normalized spacial score (nSPS) is 23.2. The van der Waals surface area contributed by atoms with E-state index < -0.39 is 0 Å². The van der Waals surface area contributed by atoms with E-state index in [2.05, 4.69) is 12.2 Å². The Morgan fingerprint density at radius 1 is 1.19 bits per heavy atom. The highest BCUT2D eigenvalue weighted by Gasteiger charge is 2.29. The number of nitrogens with zero attached hydrogens (tertiary/aromatic N) is 1. The number of hydrogen-bond acceptors (Lipinski definition) is 3. The largest absolute Gasteiger partial charge is 0.365 e. The Kier molecular flexibility index (Phi) is 6.97. The summed E-state index contributed by atoms with van der Waals surface area (Å²) in [5, 5.41) is 3.24. The molecule has 1 heterocycles. The second-order valence-corrected chi connectivity index (χ2v) is 6.62. The molecule has 0 bridgehead atoms. The van der Waals surface area contributed by atoms with Crippen molar-refractivity contribution in [2.24, 2.45) is 5.92 Å². The molecule has 0 spiro atoms. The number of carbonyl (C=O) groups is 1. The summed E-state index contributed by atoms with van der Waals surface area (Å²) < 4.78 is 6.13. The summed E-state index contributed by atoms with van der Waals surface area (Å²) in [5.74, 6) is 0.948. The third kappa shape index (κ3) is 4.96. The Labute approximate surface area is 129 Å². The summed E-state index contributed by atoms with van der Waals surface area (Å²) >= 11 is 0. The average Bonchev–Trinajstić information content (AvgIpc) is 2.54. The fraction of sp³-hybridized carbons (Fsp3) is 0.941. The lowest BCUT2D eigenvalue weighted by atomic mass is 9.96. The van der Waals surface area contributed by atoms with E-state index in [1.165, 1.54) is 19.3 Å². The van der Waals surface area contributed by atoms with Crippen LogP contribution in [0, 0.1) is 5.92 Å². The molecule has 0 radical (unpaired) electrons. The molecule has 1 saturated carbocycles. The van der Waals surface area contributed by atoms with E-state index in [9.17, 15) is 4.79 Å². The maximum atomic E-state index is 12.7. The maximum absolute atomic E-state index is 12.7. The van der Waals surface area contributed by atoms with Crippen LogP contribution in [0.4, 0.5) is 0 Å². The average molecular weight is 296 g/mol. The first kappa shape index (κ1) is 16.8. The molecule has 2 fully saturated rings. The molecule has 4 heteroatoms. The minimum atomic E-state index is -0.214. The van der Waals surface area contributed by atoms with E-state index >= 15 is 0 Å². The van der Waals surface area contributed by atoms with Gasteiger partial charge in [0.05, 0.1) is 6.10 Å². The van der Waals surface area contributed by atoms with Crippen molar-refractivity contribution in [2.45, 2.75) is 70.5 Å². The number of ether oxygens (including phenoxy) is 1. The fourth-order valence-corrected chi connectivity index (χ4v) is 3.61. The van der Waals surface area contributed by atoms with Gasteiger partial charge in [-0.25, -0.2) is 0 Å². The van der Waals surface area contributed by atoms with Crippen molar-refractivity contribution in [3.63, 3.8) is 0 Å². The van der Waals surface area contributed by atoms with Gasteiger partial charge < -0.3 is 15.0 Å². The molecule has 4 nitrogen and oxygen atoms in total. The number of rotatable bonds is 6. The summed E-state index contributed by atoms with van der Waals surface area (Å²) in [6.07, 6.45) is 9.23. The van der Waals surface area contributed by atoms with Crippen molar-refractivity contribution < 1.29 is 9.53 Å². The van der Waals surface area contributed by atoms with E-state index in [-0.39, 0.29) is 12.0 Å². The first-order chi connectivity index (χ1) is 10.2. The fourth-order valence-electron chi connectivity index (χ4n) is 3.61. The zero-order chi connectivity index (χ0) is 15.1. The topological polar surface area (TPSA) is 41.6 Å². The lowest BCUT2D eigenvalue weighted by Gasteiger charge is -2.35. The van der Waals surface area contributed by atoms with Crippen LogP contribution in [-0.2, 0) is 9.53 Å². The number of carbonyl (C=O) groups excluding carboxylic acids is 1. The maximum Gasteiger partial charge on any atom is 0.251 e. The SMILES string of the molecule is CCC(OC1CCCCC1)C(=O)N1CCC(CNC)CC1. The van der Waals surface area contributed by atoms with Crippen LogP contribution in [0.1, 0.15) is 58.3 Å². The Hall–Kier alpha value is -0.610. The lowest BCUT2D eigenvalue weighted by Crippen LogP contribution is -2.46. The second-order valence-electron chi connectivity index (χ2n) is 6.62. The van der Waals surface area contributed by atoms with Gasteiger partial charge in [0.25, 0.3) is 5.91 Å². The predicted molar refractivity (Wildman–Crippen MR) is 85.3 cm³/mol. The number of nitrogens with one attached hydrogen (secondary N) is 1. The third-order valence-electron chi connectivity index (χ3n) is 4.97. The first-order valence-corrected chi connectivity index (χ1v) is 8.83. The van der Waals surface area contributed by atoms with Crippen LogP contribution in [0.2, 0.25) is 0 Å². The Bertz CT molecular complexity index is 308. The third-order valence-corrected chi connectivity index (χ3v) is 4.97. The van der Waals surface area contributed by atoms with Gasteiger partial charge in [0.15, 0.2) is 0 Å². The van der Waals surface area contributed by atoms with Crippen molar-refractivity contribution in [3.05, 3.63) is 0 Å². The highest BCUT2D eigenvalue weighted by atomic mass is 16.5. The molecule has 122 valence electrons. The first-order valence-electron chi connectivity index (χ1n) is 8.83. The van der Waals surface area contributed by atoms with Gasteiger partial charge in [0, 0.05) is 13.1 Å². The van der Waals surface area contributed by atoms with E-state index in [4.69, 9.17) is 4.74 Å². The van der Waals surface area contributed by atoms with Gasteiger partial charge in [-0.05, 0) is 51.6 Å². The van der Waals surface area contributed by atoms with Crippen LogP contribution in [-0.4, -0.2) is 49.7 Å². The standard InChI is InChI=1S/C17H32N2O2/c1-3-16(21-15-7-5-4-6-8-15)17(20)19-11-9-14(10-12-19)13-18-2/h14-16,18H,3-13H2,1-2H3. The van der Waals surface area contributed by atoms with Gasteiger partial charge >= 0.3 is 0 Å². The van der Waals surface area contributed by atoms with Gasteiger partial charge in [-0.1, -0.05) is 26.2 Å². The van der Waals surface area contributed by atoms with Gasteiger partial charge in [0.1, 0.15) is 6.10 Å². The molecule has 0 aromatic heterocycles. The van der Waals surface area contributed by atoms with Crippen LogP contribution >= 0.6 is 0 Å². The van der Waals surface area contributed by atoms with Gasteiger partial charge in [-0.2, -0.15) is 0 Å². The van der Waals surface area contributed by atoms with Crippen LogP contribution in [0.15, 0.2) is 0 Å². The number of amides is 1. The van der Waals surface area contributed by atoms with E-state index in [0.717, 1.165) is 57.7 Å². The van der Waals surface area contributed by atoms with Crippen molar-refractivity contribution >= 4 is 5.91 Å². The van der Waals surface area contributed by atoms with Gasteiger partial charge in [-0.15, -0.1) is 0 Å². The van der Waals surface area contributed by atoms with Crippen molar-refractivity contribution in [1.29, 1.82) is 0 Å². The molecule has 1 atom stereocenters. The molecule has 0 aromatic rings.